The van der Waals surface area contributed by atoms with E-state index in [1.165, 1.54) is 9.75 Å². The standard InChI is InChI=1S/C15H18N2O2S/c1-3-11-7-10(15(18)19)8-14(17-11)16-9-13-6-5-12(4-2)20-13/h5-8H,3-4,9H2,1-2H3,(H,16,17)(H,18,19). The van der Waals surface area contributed by atoms with Crippen LogP contribution in [0.1, 0.15) is 39.7 Å². The zero-order valence-corrected chi connectivity index (χ0v) is 12.5. The largest absolute Gasteiger partial charge is 0.478 e. The molecule has 0 saturated carbocycles. The highest BCUT2D eigenvalue weighted by atomic mass is 32.1. The minimum Gasteiger partial charge on any atom is -0.478 e. The van der Waals surface area contributed by atoms with Gasteiger partial charge in [-0.15, -0.1) is 11.3 Å². The van der Waals surface area contributed by atoms with Crippen LogP contribution in [-0.4, -0.2) is 16.1 Å². The lowest BCUT2D eigenvalue weighted by atomic mass is 10.2. The fourth-order valence-electron chi connectivity index (χ4n) is 1.87. The van der Waals surface area contributed by atoms with Crippen LogP contribution in [0, 0.1) is 0 Å². The number of rotatable bonds is 6. The molecule has 0 bridgehead atoms. The Bertz CT molecular complexity index is 608. The topological polar surface area (TPSA) is 62.2 Å². The number of thiophene rings is 1. The number of hydrogen-bond donors (Lipinski definition) is 2. The number of nitrogens with one attached hydrogen (secondary N) is 1. The second kappa shape index (κ2) is 6.52. The highest BCUT2D eigenvalue weighted by Gasteiger charge is 2.08. The van der Waals surface area contributed by atoms with E-state index in [1.807, 2.05) is 6.92 Å². The van der Waals surface area contributed by atoms with Gasteiger partial charge in [0.15, 0.2) is 0 Å². The molecule has 0 spiro atoms. The second-order valence-corrected chi connectivity index (χ2v) is 5.72. The number of nitrogens with zero attached hydrogens (tertiary/aromatic N) is 1. The lowest BCUT2D eigenvalue weighted by molar-refractivity contribution is 0.0696. The molecule has 0 unspecified atom stereocenters. The Hall–Kier alpha value is -1.88. The third-order valence-corrected chi connectivity index (χ3v) is 4.23. The number of aromatic nitrogens is 1. The van der Waals surface area contributed by atoms with E-state index in [-0.39, 0.29) is 5.56 Å². The summed E-state index contributed by atoms with van der Waals surface area (Å²) in [6.45, 7) is 4.77. The number of pyridine rings is 1. The van der Waals surface area contributed by atoms with Crippen LogP contribution >= 0.6 is 11.3 Å². The van der Waals surface area contributed by atoms with Crippen molar-refractivity contribution in [1.29, 1.82) is 0 Å². The van der Waals surface area contributed by atoms with Gasteiger partial charge in [-0.25, -0.2) is 9.78 Å². The maximum atomic E-state index is 11.1. The van der Waals surface area contributed by atoms with Crippen molar-refractivity contribution in [3.05, 3.63) is 45.3 Å². The fraction of sp³-hybridized carbons (Fsp3) is 0.333. The van der Waals surface area contributed by atoms with E-state index in [1.54, 1.807) is 23.5 Å². The summed E-state index contributed by atoms with van der Waals surface area (Å²) in [7, 11) is 0. The van der Waals surface area contributed by atoms with Crippen molar-refractivity contribution < 1.29 is 9.90 Å². The molecule has 2 N–H and O–H groups in total. The van der Waals surface area contributed by atoms with Crippen LogP contribution in [0.5, 0.6) is 0 Å². The molecular weight excluding hydrogens is 272 g/mol. The first-order chi connectivity index (χ1) is 9.62. The Morgan fingerprint density at radius 3 is 2.60 bits per heavy atom. The molecule has 0 aromatic carbocycles. The van der Waals surface area contributed by atoms with E-state index in [0.29, 0.717) is 12.4 Å². The van der Waals surface area contributed by atoms with Gasteiger partial charge in [0.2, 0.25) is 0 Å². The quantitative estimate of drug-likeness (QED) is 0.853. The Kier molecular flexibility index (Phi) is 4.74. The number of aromatic carboxylic acids is 1. The van der Waals surface area contributed by atoms with Crippen LogP contribution < -0.4 is 5.32 Å². The van der Waals surface area contributed by atoms with Gasteiger partial charge in [0.05, 0.1) is 12.1 Å². The van der Waals surface area contributed by atoms with Gasteiger partial charge in [0, 0.05) is 15.4 Å². The maximum absolute atomic E-state index is 11.1. The molecule has 0 aliphatic heterocycles. The minimum absolute atomic E-state index is 0.278. The van der Waals surface area contributed by atoms with Crippen molar-refractivity contribution in [3.63, 3.8) is 0 Å². The summed E-state index contributed by atoms with van der Waals surface area (Å²) in [4.78, 5) is 18.1. The summed E-state index contributed by atoms with van der Waals surface area (Å²) in [5.41, 5.74) is 1.06. The van der Waals surface area contributed by atoms with Gasteiger partial charge in [-0.1, -0.05) is 13.8 Å². The van der Waals surface area contributed by atoms with E-state index in [9.17, 15) is 4.79 Å². The predicted molar refractivity (Wildman–Crippen MR) is 81.6 cm³/mol. The lowest BCUT2D eigenvalue weighted by Crippen LogP contribution is -2.05. The van der Waals surface area contributed by atoms with Crippen molar-refractivity contribution >= 4 is 23.1 Å². The summed E-state index contributed by atoms with van der Waals surface area (Å²) < 4.78 is 0. The third-order valence-electron chi connectivity index (χ3n) is 3.00. The molecular formula is C15H18N2O2S. The Labute approximate surface area is 122 Å². The maximum Gasteiger partial charge on any atom is 0.335 e. The number of carboxylic acid groups (broad SMARTS) is 1. The molecule has 0 atom stereocenters. The first kappa shape index (κ1) is 14.5. The van der Waals surface area contributed by atoms with Crippen molar-refractivity contribution in [3.8, 4) is 0 Å². The predicted octanol–water partition coefficient (Wildman–Crippen LogP) is 3.58. The van der Waals surface area contributed by atoms with Gasteiger partial charge < -0.3 is 10.4 Å². The fourth-order valence-corrected chi connectivity index (χ4v) is 2.77. The number of aryl methyl sites for hydroxylation is 2. The number of carboxylic acids is 1. The average molecular weight is 290 g/mol. The van der Waals surface area contributed by atoms with E-state index < -0.39 is 5.97 Å². The van der Waals surface area contributed by atoms with Gasteiger partial charge in [-0.3, -0.25) is 0 Å². The molecule has 2 aromatic rings. The Morgan fingerprint density at radius 2 is 2.00 bits per heavy atom. The van der Waals surface area contributed by atoms with E-state index >= 15 is 0 Å². The molecule has 0 fully saturated rings. The van der Waals surface area contributed by atoms with E-state index in [0.717, 1.165) is 18.5 Å². The van der Waals surface area contributed by atoms with Crippen LogP contribution in [0.25, 0.3) is 0 Å². The SMILES string of the molecule is CCc1cc(C(=O)O)cc(NCc2ccc(CC)s2)n1. The van der Waals surface area contributed by atoms with Crippen molar-refractivity contribution in [1.82, 2.24) is 4.98 Å². The highest BCUT2D eigenvalue weighted by Crippen LogP contribution is 2.19. The first-order valence-electron chi connectivity index (χ1n) is 6.68. The highest BCUT2D eigenvalue weighted by molar-refractivity contribution is 7.12. The monoisotopic (exact) mass is 290 g/mol. The molecule has 0 radical (unpaired) electrons. The second-order valence-electron chi connectivity index (χ2n) is 4.47. The van der Waals surface area contributed by atoms with Gasteiger partial charge in [-0.2, -0.15) is 0 Å². The van der Waals surface area contributed by atoms with Crippen LogP contribution in [-0.2, 0) is 19.4 Å². The van der Waals surface area contributed by atoms with Crippen molar-refractivity contribution in [2.45, 2.75) is 33.2 Å². The molecule has 2 rings (SSSR count). The Morgan fingerprint density at radius 1 is 1.25 bits per heavy atom. The summed E-state index contributed by atoms with van der Waals surface area (Å²) in [6, 6.07) is 7.42. The molecule has 2 heterocycles. The molecule has 5 heteroatoms. The zero-order valence-electron chi connectivity index (χ0n) is 11.6. The molecule has 0 aliphatic carbocycles. The normalized spacial score (nSPS) is 10.5. The third kappa shape index (κ3) is 3.57. The van der Waals surface area contributed by atoms with Crippen molar-refractivity contribution in [2.75, 3.05) is 5.32 Å². The summed E-state index contributed by atoms with van der Waals surface area (Å²) in [6.07, 6.45) is 1.76. The van der Waals surface area contributed by atoms with Gasteiger partial charge in [0.1, 0.15) is 5.82 Å². The molecule has 0 saturated heterocycles. The smallest absolute Gasteiger partial charge is 0.335 e. The summed E-state index contributed by atoms with van der Waals surface area (Å²) in [5.74, 6) is -0.303. The molecule has 2 aromatic heterocycles. The lowest BCUT2D eigenvalue weighted by Gasteiger charge is -2.07. The van der Waals surface area contributed by atoms with Crippen LogP contribution in [0.2, 0.25) is 0 Å². The molecule has 0 aliphatic rings. The van der Waals surface area contributed by atoms with Crippen LogP contribution in [0.3, 0.4) is 0 Å². The van der Waals surface area contributed by atoms with E-state index in [2.05, 4.69) is 29.4 Å². The number of carbonyl (C=O) groups is 1. The first-order valence-corrected chi connectivity index (χ1v) is 7.49. The molecule has 106 valence electrons. The number of hydrogen-bond acceptors (Lipinski definition) is 4. The summed E-state index contributed by atoms with van der Waals surface area (Å²) in [5, 5.41) is 12.3. The van der Waals surface area contributed by atoms with Crippen LogP contribution in [0.4, 0.5) is 5.82 Å². The Balaban J connectivity index is 2.12. The van der Waals surface area contributed by atoms with Gasteiger partial charge in [0.25, 0.3) is 0 Å². The summed E-state index contributed by atoms with van der Waals surface area (Å²) >= 11 is 1.77. The van der Waals surface area contributed by atoms with Gasteiger partial charge >= 0.3 is 5.97 Å². The van der Waals surface area contributed by atoms with E-state index in [4.69, 9.17) is 5.11 Å². The zero-order chi connectivity index (χ0) is 14.5. The van der Waals surface area contributed by atoms with Crippen LogP contribution in [0.15, 0.2) is 24.3 Å². The number of anilines is 1. The molecule has 4 nitrogen and oxygen atoms in total. The van der Waals surface area contributed by atoms with Crippen molar-refractivity contribution in [2.24, 2.45) is 0 Å². The molecule has 20 heavy (non-hydrogen) atoms. The molecule has 0 amide bonds. The average Bonchev–Trinajstić information content (AvgIpc) is 2.92. The van der Waals surface area contributed by atoms with Gasteiger partial charge in [-0.05, 0) is 37.1 Å². The minimum atomic E-state index is -0.922.